The van der Waals surface area contributed by atoms with E-state index in [2.05, 4.69) is 48.5 Å². The molecule has 4 fully saturated rings. The number of hydrogen-bond acceptors (Lipinski definition) is 6. The first kappa shape index (κ1) is 30.9. The predicted octanol–water partition coefficient (Wildman–Crippen LogP) is 10.5. The Morgan fingerprint density at radius 2 is 0.635 bits per heavy atom. The summed E-state index contributed by atoms with van der Waals surface area (Å²) in [4.78, 5) is 30.2. The zero-order valence-corrected chi connectivity index (χ0v) is 28.9. The van der Waals surface area contributed by atoms with Crippen molar-refractivity contribution in [3.8, 4) is 68.3 Å². The minimum absolute atomic E-state index is 0.291. The van der Waals surface area contributed by atoms with Crippen molar-refractivity contribution < 1.29 is 0 Å². The fraction of sp³-hybridized carbons (Fsp3) is 0.217. The van der Waals surface area contributed by atoms with Gasteiger partial charge in [0.25, 0.3) is 0 Å². The van der Waals surface area contributed by atoms with Gasteiger partial charge in [0.1, 0.15) is 0 Å². The first-order valence-electron chi connectivity index (χ1n) is 18.5. The van der Waals surface area contributed by atoms with Gasteiger partial charge in [0.2, 0.25) is 0 Å². The van der Waals surface area contributed by atoms with E-state index in [4.69, 9.17) is 29.9 Å². The van der Waals surface area contributed by atoms with Gasteiger partial charge < -0.3 is 0 Å². The van der Waals surface area contributed by atoms with E-state index in [0.29, 0.717) is 40.4 Å². The van der Waals surface area contributed by atoms with E-state index in [-0.39, 0.29) is 0 Å². The van der Waals surface area contributed by atoms with Crippen molar-refractivity contribution in [1.82, 2.24) is 29.9 Å². The molecule has 11 rings (SSSR count). The third-order valence-corrected chi connectivity index (χ3v) is 11.5. The maximum absolute atomic E-state index is 5.18. The van der Waals surface area contributed by atoms with Crippen molar-refractivity contribution in [3.05, 3.63) is 145 Å². The molecule has 0 saturated heterocycles. The van der Waals surface area contributed by atoms with Crippen LogP contribution >= 0.6 is 0 Å². The van der Waals surface area contributed by atoms with Crippen LogP contribution < -0.4 is 0 Å². The van der Waals surface area contributed by atoms with E-state index in [1.807, 2.05) is 91.0 Å². The summed E-state index contributed by atoms with van der Waals surface area (Å²) in [5.41, 5.74) is 7.36. The molecule has 6 nitrogen and oxygen atoms in total. The van der Waals surface area contributed by atoms with E-state index in [1.54, 1.807) is 0 Å². The molecule has 5 aromatic carbocycles. The van der Waals surface area contributed by atoms with Gasteiger partial charge in [-0.05, 0) is 79.4 Å². The van der Waals surface area contributed by atoms with Crippen molar-refractivity contribution >= 4 is 0 Å². The Morgan fingerprint density at radius 3 is 1.02 bits per heavy atom. The summed E-state index contributed by atoms with van der Waals surface area (Å²) < 4.78 is 0. The summed E-state index contributed by atoms with van der Waals surface area (Å²) in [5, 5.41) is 0. The molecule has 0 amide bonds. The summed E-state index contributed by atoms with van der Waals surface area (Å²) >= 11 is 0. The Hall–Kier alpha value is -5.88. The lowest BCUT2D eigenvalue weighted by atomic mass is 9.48. The first-order chi connectivity index (χ1) is 25.6. The summed E-state index contributed by atoms with van der Waals surface area (Å²) in [6.45, 7) is 0. The Labute approximate surface area is 304 Å². The fourth-order valence-electron chi connectivity index (χ4n) is 9.54. The highest BCUT2D eigenvalue weighted by atomic mass is 15.0. The van der Waals surface area contributed by atoms with E-state index in [9.17, 15) is 0 Å². The maximum Gasteiger partial charge on any atom is 0.164 e. The van der Waals surface area contributed by atoms with Crippen LogP contribution in [0.4, 0.5) is 0 Å². The highest BCUT2D eigenvalue weighted by molar-refractivity contribution is 5.72. The smallest absolute Gasteiger partial charge is 0.164 e. The largest absolute Gasteiger partial charge is 0.208 e. The molecule has 6 heteroatoms. The van der Waals surface area contributed by atoms with E-state index in [1.165, 1.54) is 44.1 Å². The van der Waals surface area contributed by atoms with Gasteiger partial charge in [-0.25, -0.2) is 29.9 Å². The highest BCUT2D eigenvalue weighted by Gasteiger charge is 2.51. The van der Waals surface area contributed by atoms with E-state index in [0.717, 1.165) is 51.1 Å². The molecule has 4 aliphatic rings. The Balaban J connectivity index is 1.08. The van der Waals surface area contributed by atoms with Gasteiger partial charge >= 0.3 is 0 Å². The third-order valence-electron chi connectivity index (χ3n) is 11.5. The molecule has 0 N–H and O–H groups in total. The van der Waals surface area contributed by atoms with Gasteiger partial charge in [0.15, 0.2) is 34.9 Å². The quantitative estimate of drug-likeness (QED) is 0.167. The minimum Gasteiger partial charge on any atom is -0.208 e. The molecule has 0 spiro atoms. The van der Waals surface area contributed by atoms with Gasteiger partial charge in [-0.2, -0.15) is 0 Å². The molecule has 4 bridgehead atoms. The van der Waals surface area contributed by atoms with E-state index < -0.39 is 0 Å². The summed E-state index contributed by atoms with van der Waals surface area (Å²) in [6, 6.07) is 47.7. The van der Waals surface area contributed by atoms with Crippen molar-refractivity contribution in [2.75, 3.05) is 0 Å². The lowest BCUT2D eigenvalue weighted by Gasteiger charge is -2.57. The Kier molecular flexibility index (Phi) is 7.56. The summed E-state index contributed by atoms with van der Waals surface area (Å²) in [7, 11) is 0. The van der Waals surface area contributed by atoms with Crippen LogP contribution in [0.1, 0.15) is 44.1 Å². The molecule has 7 aromatic rings. The van der Waals surface area contributed by atoms with Crippen LogP contribution in [-0.4, -0.2) is 29.9 Å². The zero-order chi connectivity index (χ0) is 34.5. The first-order valence-corrected chi connectivity index (χ1v) is 18.5. The Bertz CT molecular complexity index is 2300. The zero-order valence-electron chi connectivity index (χ0n) is 28.9. The average molecular weight is 675 g/mol. The number of rotatable bonds is 7. The van der Waals surface area contributed by atoms with Gasteiger partial charge in [-0.1, -0.05) is 127 Å². The summed E-state index contributed by atoms with van der Waals surface area (Å²) in [6.07, 6.45) is 8.26. The molecular weight excluding hydrogens is 637 g/mol. The number of benzene rings is 5. The van der Waals surface area contributed by atoms with Crippen molar-refractivity contribution in [3.63, 3.8) is 0 Å². The van der Waals surface area contributed by atoms with Crippen molar-refractivity contribution in [1.29, 1.82) is 0 Å². The predicted molar refractivity (Wildman–Crippen MR) is 206 cm³/mol. The third kappa shape index (κ3) is 5.78. The van der Waals surface area contributed by atoms with Crippen LogP contribution in [0.3, 0.4) is 0 Å². The van der Waals surface area contributed by atoms with Gasteiger partial charge in [0.05, 0.1) is 0 Å². The van der Waals surface area contributed by atoms with Crippen molar-refractivity contribution in [2.45, 2.75) is 43.9 Å². The second-order valence-corrected chi connectivity index (χ2v) is 15.1. The molecule has 2 heterocycles. The van der Waals surface area contributed by atoms with E-state index >= 15 is 0 Å². The van der Waals surface area contributed by atoms with Crippen LogP contribution in [0.5, 0.6) is 0 Å². The number of hydrogen-bond donors (Lipinski definition) is 0. The normalized spacial score (nSPS) is 21.7. The Morgan fingerprint density at radius 1 is 0.327 bits per heavy atom. The lowest BCUT2D eigenvalue weighted by Crippen LogP contribution is -2.48. The van der Waals surface area contributed by atoms with Crippen LogP contribution in [0.2, 0.25) is 0 Å². The van der Waals surface area contributed by atoms with Crippen molar-refractivity contribution in [2.24, 2.45) is 17.8 Å². The maximum atomic E-state index is 5.18. The molecule has 0 aliphatic heterocycles. The topological polar surface area (TPSA) is 77.3 Å². The standard InChI is InChI=1S/C46H38N6/c1-4-12-33(13-5-1)40-47-41(34-14-6-2-7-15-34)49-43(48-40)36-18-10-19-37(25-36)44-50-42(35-16-8-3-9-17-35)51-45(52-44)38-20-11-21-39(26-38)46-27-30-22-31(28-46)24-32(23-30)29-46/h1-21,25-26,30-32H,22-24,27-29H2. The van der Waals surface area contributed by atoms with Crippen LogP contribution in [-0.2, 0) is 5.41 Å². The van der Waals surface area contributed by atoms with Crippen LogP contribution in [0.25, 0.3) is 68.3 Å². The van der Waals surface area contributed by atoms with Crippen LogP contribution in [0.15, 0.2) is 140 Å². The molecule has 52 heavy (non-hydrogen) atoms. The molecule has 0 radical (unpaired) electrons. The molecule has 2 aromatic heterocycles. The molecule has 4 aliphatic carbocycles. The second kappa shape index (κ2) is 12.7. The SMILES string of the molecule is c1ccc(-c2nc(-c3ccccc3)nc(-c3cccc(-c4nc(-c5ccccc5)nc(-c5cccc(C67CC8CC(CC(C8)C6)C7)c5)n4)c3)n2)cc1. The van der Waals surface area contributed by atoms with Crippen LogP contribution in [0, 0.1) is 17.8 Å². The highest BCUT2D eigenvalue weighted by Crippen LogP contribution is 2.60. The molecular formula is C46H38N6. The number of nitrogens with zero attached hydrogens (tertiary/aromatic N) is 6. The molecule has 4 saturated carbocycles. The average Bonchev–Trinajstić information content (AvgIpc) is 3.21. The monoisotopic (exact) mass is 674 g/mol. The summed E-state index contributed by atoms with van der Waals surface area (Å²) in [5.74, 6) is 6.46. The minimum atomic E-state index is 0.291. The second-order valence-electron chi connectivity index (χ2n) is 15.1. The van der Waals surface area contributed by atoms with Gasteiger partial charge in [-0.15, -0.1) is 0 Å². The molecule has 252 valence electrons. The fourth-order valence-corrected chi connectivity index (χ4v) is 9.54. The number of aromatic nitrogens is 6. The van der Waals surface area contributed by atoms with Gasteiger partial charge in [0, 0.05) is 33.4 Å². The molecule has 0 atom stereocenters. The van der Waals surface area contributed by atoms with Gasteiger partial charge in [-0.3, -0.25) is 0 Å². The lowest BCUT2D eigenvalue weighted by molar-refractivity contribution is -0.00517. The molecule has 0 unspecified atom stereocenters.